The van der Waals surface area contributed by atoms with Gasteiger partial charge in [0.15, 0.2) is 0 Å². The van der Waals surface area contributed by atoms with E-state index in [4.69, 9.17) is 5.73 Å². The summed E-state index contributed by atoms with van der Waals surface area (Å²) in [6.07, 6.45) is 5.19. The summed E-state index contributed by atoms with van der Waals surface area (Å²) in [4.78, 5) is 2.65. The molecule has 0 radical (unpaired) electrons. The third-order valence-corrected chi connectivity index (χ3v) is 3.51. The van der Waals surface area contributed by atoms with Crippen LogP contribution in [-0.2, 0) is 0 Å². The molecule has 2 nitrogen and oxygen atoms in total. The van der Waals surface area contributed by atoms with Gasteiger partial charge in [0.05, 0.1) is 0 Å². The molecule has 1 aliphatic heterocycles. The van der Waals surface area contributed by atoms with Crippen LogP contribution in [0.25, 0.3) is 0 Å². The van der Waals surface area contributed by atoms with Gasteiger partial charge in [0, 0.05) is 12.1 Å². The maximum absolute atomic E-state index is 5.52. The lowest BCUT2D eigenvalue weighted by Crippen LogP contribution is -2.40. The zero-order valence-electron chi connectivity index (χ0n) is 10.1. The molecule has 1 unspecified atom stereocenters. The van der Waals surface area contributed by atoms with Crippen molar-refractivity contribution < 1.29 is 0 Å². The van der Waals surface area contributed by atoms with E-state index in [-0.39, 0.29) is 0 Å². The molecule has 0 amide bonds. The highest BCUT2D eigenvalue weighted by Gasteiger charge is 2.31. The van der Waals surface area contributed by atoms with Crippen LogP contribution in [-0.4, -0.2) is 30.1 Å². The van der Waals surface area contributed by atoms with Crippen LogP contribution >= 0.6 is 0 Å². The quantitative estimate of drug-likeness (QED) is 0.734. The first-order valence-electron chi connectivity index (χ1n) is 6.01. The van der Waals surface area contributed by atoms with Crippen molar-refractivity contribution in [2.24, 2.45) is 11.7 Å². The lowest BCUT2D eigenvalue weighted by Gasteiger charge is -2.33. The van der Waals surface area contributed by atoms with Crippen molar-refractivity contribution in [1.29, 1.82) is 0 Å². The lowest BCUT2D eigenvalue weighted by atomic mass is 9.99. The molecule has 0 aromatic rings. The van der Waals surface area contributed by atoms with Crippen LogP contribution in [0.4, 0.5) is 0 Å². The van der Waals surface area contributed by atoms with Gasteiger partial charge in [-0.25, -0.2) is 0 Å². The molecule has 2 heteroatoms. The summed E-state index contributed by atoms with van der Waals surface area (Å²) in [6.45, 7) is 10.5. The smallest absolute Gasteiger partial charge is 0.0153 e. The fourth-order valence-electron chi connectivity index (χ4n) is 2.44. The van der Waals surface area contributed by atoms with E-state index in [0.29, 0.717) is 5.54 Å². The Labute approximate surface area is 88.8 Å². The van der Waals surface area contributed by atoms with Crippen molar-refractivity contribution >= 4 is 0 Å². The molecule has 14 heavy (non-hydrogen) atoms. The van der Waals surface area contributed by atoms with Gasteiger partial charge in [0.25, 0.3) is 0 Å². The molecule has 0 spiro atoms. The van der Waals surface area contributed by atoms with Gasteiger partial charge in [-0.2, -0.15) is 0 Å². The standard InChI is InChI=1S/C12H26N2/c1-11(6-4-8-13)10-14-9-5-7-12(14,2)3/h11H,4-10,13H2,1-3H3. The molecule has 1 aliphatic rings. The zero-order chi connectivity index (χ0) is 10.6. The topological polar surface area (TPSA) is 29.3 Å². The fourth-order valence-corrected chi connectivity index (χ4v) is 2.44. The molecular weight excluding hydrogens is 172 g/mol. The summed E-state index contributed by atoms with van der Waals surface area (Å²) in [6, 6.07) is 0. The number of likely N-dealkylation sites (tertiary alicyclic amines) is 1. The maximum atomic E-state index is 5.52. The SMILES string of the molecule is CC(CCCN)CN1CCCC1(C)C. The van der Waals surface area contributed by atoms with Gasteiger partial charge in [-0.05, 0) is 58.5 Å². The van der Waals surface area contributed by atoms with Crippen LogP contribution < -0.4 is 5.73 Å². The fraction of sp³-hybridized carbons (Fsp3) is 1.00. The van der Waals surface area contributed by atoms with Gasteiger partial charge in [-0.1, -0.05) is 6.92 Å². The molecule has 0 saturated carbocycles. The minimum Gasteiger partial charge on any atom is -0.330 e. The van der Waals surface area contributed by atoms with E-state index in [1.165, 1.54) is 38.8 Å². The monoisotopic (exact) mass is 198 g/mol. The minimum atomic E-state index is 0.441. The van der Waals surface area contributed by atoms with Crippen molar-refractivity contribution in [3.8, 4) is 0 Å². The highest BCUT2D eigenvalue weighted by molar-refractivity contribution is 4.88. The molecule has 1 heterocycles. The van der Waals surface area contributed by atoms with Crippen LogP contribution in [0.2, 0.25) is 0 Å². The van der Waals surface area contributed by atoms with Gasteiger partial charge < -0.3 is 5.73 Å². The third-order valence-electron chi connectivity index (χ3n) is 3.51. The molecule has 2 N–H and O–H groups in total. The lowest BCUT2D eigenvalue weighted by molar-refractivity contribution is 0.149. The van der Waals surface area contributed by atoms with Crippen LogP contribution in [0, 0.1) is 5.92 Å². The Morgan fingerprint density at radius 2 is 2.14 bits per heavy atom. The van der Waals surface area contributed by atoms with Gasteiger partial charge in [0.2, 0.25) is 0 Å². The van der Waals surface area contributed by atoms with Crippen LogP contribution in [0.5, 0.6) is 0 Å². The highest BCUT2D eigenvalue weighted by atomic mass is 15.2. The largest absolute Gasteiger partial charge is 0.330 e. The number of rotatable bonds is 5. The van der Waals surface area contributed by atoms with E-state index >= 15 is 0 Å². The molecule has 0 bridgehead atoms. The van der Waals surface area contributed by atoms with E-state index in [0.717, 1.165) is 12.5 Å². The summed E-state index contributed by atoms with van der Waals surface area (Å²) >= 11 is 0. The predicted molar refractivity (Wildman–Crippen MR) is 62.3 cm³/mol. The van der Waals surface area contributed by atoms with E-state index < -0.39 is 0 Å². The van der Waals surface area contributed by atoms with Gasteiger partial charge >= 0.3 is 0 Å². The van der Waals surface area contributed by atoms with E-state index in [1.807, 2.05) is 0 Å². The molecule has 0 aliphatic carbocycles. The number of hydrogen-bond acceptors (Lipinski definition) is 2. The Morgan fingerprint density at radius 1 is 1.43 bits per heavy atom. The molecule has 84 valence electrons. The van der Waals surface area contributed by atoms with Crippen molar-refractivity contribution in [2.45, 2.75) is 52.0 Å². The van der Waals surface area contributed by atoms with Crippen LogP contribution in [0.15, 0.2) is 0 Å². The molecule has 1 fully saturated rings. The zero-order valence-corrected chi connectivity index (χ0v) is 10.1. The molecule has 0 aromatic carbocycles. The van der Waals surface area contributed by atoms with Crippen molar-refractivity contribution in [1.82, 2.24) is 4.90 Å². The molecule has 1 atom stereocenters. The van der Waals surface area contributed by atoms with Crippen molar-refractivity contribution in [3.05, 3.63) is 0 Å². The summed E-state index contributed by atoms with van der Waals surface area (Å²) in [5, 5.41) is 0. The highest BCUT2D eigenvalue weighted by Crippen LogP contribution is 2.29. The first-order chi connectivity index (χ1) is 6.56. The second kappa shape index (κ2) is 5.13. The van der Waals surface area contributed by atoms with Crippen molar-refractivity contribution in [2.75, 3.05) is 19.6 Å². The first-order valence-corrected chi connectivity index (χ1v) is 6.01. The normalized spacial score (nSPS) is 24.0. The Kier molecular flexibility index (Phi) is 4.39. The minimum absolute atomic E-state index is 0.441. The van der Waals surface area contributed by atoms with Crippen molar-refractivity contribution in [3.63, 3.8) is 0 Å². The predicted octanol–water partition coefficient (Wildman–Crippen LogP) is 2.24. The summed E-state index contributed by atoms with van der Waals surface area (Å²) < 4.78 is 0. The van der Waals surface area contributed by atoms with E-state index in [1.54, 1.807) is 0 Å². The first kappa shape index (κ1) is 12.0. The van der Waals surface area contributed by atoms with E-state index in [2.05, 4.69) is 25.7 Å². The van der Waals surface area contributed by atoms with Gasteiger partial charge in [0.1, 0.15) is 0 Å². The number of nitrogens with zero attached hydrogens (tertiary/aromatic N) is 1. The summed E-state index contributed by atoms with van der Waals surface area (Å²) in [5.41, 5.74) is 5.97. The second-order valence-electron chi connectivity index (χ2n) is 5.40. The molecular formula is C12H26N2. The Bertz CT molecular complexity index is 166. The maximum Gasteiger partial charge on any atom is 0.0153 e. The number of nitrogens with two attached hydrogens (primary N) is 1. The molecule has 1 saturated heterocycles. The van der Waals surface area contributed by atoms with E-state index in [9.17, 15) is 0 Å². The average molecular weight is 198 g/mol. The Balaban J connectivity index is 2.29. The van der Waals surface area contributed by atoms with Gasteiger partial charge in [-0.15, -0.1) is 0 Å². The second-order valence-corrected chi connectivity index (χ2v) is 5.40. The molecule has 1 rings (SSSR count). The number of hydrogen-bond donors (Lipinski definition) is 1. The van der Waals surface area contributed by atoms with Crippen LogP contribution in [0.3, 0.4) is 0 Å². The third kappa shape index (κ3) is 3.25. The molecule has 0 aromatic heterocycles. The Morgan fingerprint density at radius 3 is 2.64 bits per heavy atom. The summed E-state index contributed by atoms with van der Waals surface area (Å²) in [5.74, 6) is 0.802. The van der Waals surface area contributed by atoms with Crippen LogP contribution in [0.1, 0.15) is 46.5 Å². The average Bonchev–Trinajstić information content (AvgIpc) is 2.43. The Hall–Kier alpha value is -0.0800. The van der Waals surface area contributed by atoms with Gasteiger partial charge in [-0.3, -0.25) is 4.90 Å². The summed E-state index contributed by atoms with van der Waals surface area (Å²) in [7, 11) is 0.